The minimum Gasteiger partial charge on any atom is -0.550 e. The average molecular weight is 606 g/mol. The number of carboxylic acids is 2. The maximum absolute atomic E-state index is 8.89. The average Bonchev–Trinajstić information content (AvgIpc) is 3.55. The van der Waals surface area contributed by atoms with E-state index in [2.05, 4.69) is 30.3 Å². The molecule has 2 atom stereocenters. The molecule has 10 heteroatoms. The molecule has 2 heterocycles. The SMILES string of the molecule is CC(=O)[O-].CC(=O)[O-].O.[Rh+3].[c-]1c(C2=N[C@@H](c3ccccc3)CO2)cccc1C1=N[C@@H](c2ccccc2)CO1. The van der Waals surface area contributed by atoms with Gasteiger partial charge >= 0.3 is 19.5 Å². The summed E-state index contributed by atoms with van der Waals surface area (Å²) in [6, 6.07) is 29.7. The minimum absolute atomic E-state index is 0. The van der Waals surface area contributed by atoms with Gasteiger partial charge in [0.15, 0.2) is 0 Å². The fourth-order valence-electron chi connectivity index (χ4n) is 3.45. The van der Waals surface area contributed by atoms with Crippen molar-refractivity contribution in [1.82, 2.24) is 0 Å². The first kappa shape index (κ1) is 32.2. The Labute approximate surface area is 233 Å². The van der Waals surface area contributed by atoms with E-state index in [0.29, 0.717) is 25.0 Å². The molecule has 0 spiro atoms. The quantitative estimate of drug-likeness (QED) is 0.321. The van der Waals surface area contributed by atoms with E-state index in [1.54, 1.807) is 0 Å². The van der Waals surface area contributed by atoms with Crippen LogP contribution in [0.25, 0.3) is 0 Å². The van der Waals surface area contributed by atoms with Crippen LogP contribution < -0.4 is 10.2 Å². The number of carbonyl (C=O) groups excluding carboxylic acids is 2. The van der Waals surface area contributed by atoms with E-state index in [9.17, 15) is 0 Å². The van der Waals surface area contributed by atoms with E-state index >= 15 is 0 Å². The molecule has 0 saturated heterocycles. The van der Waals surface area contributed by atoms with Crippen molar-refractivity contribution in [3.8, 4) is 0 Å². The number of hydrogen-bond acceptors (Lipinski definition) is 8. The second-order valence-corrected chi connectivity index (χ2v) is 7.80. The Morgan fingerprint density at radius 1 is 0.711 bits per heavy atom. The number of nitrogens with zero attached hydrogens (tertiary/aromatic N) is 2. The van der Waals surface area contributed by atoms with E-state index in [1.807, 2.05) is 54.6 Å². The second kappa shape index (κ2) is 16.1. The van der Waals surface area contributed by atoms with E-state index in [1.165, 1.54) is 0 Å². The van der Waals surface area contributed by atoms with E-state index in [0.717, 1.165) is 36.1 Å². The summed E-state index contributed by atoms with van der Waals surface area (Å²) < 4.78 is 11.7. The first-order valence-corrected chi connectivity index (χ1v) is 11.2. The van der Waals surface area contributed by atoms with Crippen LogP contribution >= 0.6 is 0 Å². The Hall–Kier alpha value is -3.88. The number of ether oxygens (including phenoxy) is 2. The summed E-state index contributed by atoms with van der Waals surface area (Å²) in [5.74, 6) is -0.928. The van der Waals surface area contributed by atoms with Gasteiger partial charge in [-0.15, -0.1) is 24.3 Å². The van der Waals surface area contributed by atoms with Gasteiger partial charge in [0.1, 0.15) is 37.1 Å². The third kappa shape index (κ3) is 9.88. The molecule has 0 aromatic heterocycles. The third-order valence-corrected chi connectivity index (χ3v) is 4.93. The molecule has 3 aromatic carbocycles. The van der Waals surface area contributed by atoms with Gasteiger partial charge in [-0.3, -0.25) is 9.98 Å². The van der Waals surface area contributed by atoms with Gasteiger partial charge in [-0.1, -0.05) is 71.8 Å². The predicted molar refractivity (Wildman–Crippen MR) is 134 cm³/mol. The summed E-state index contributed by atoms with van der Waals surface area (Å²) in [5.41, 5.74) is 3.96. The van der Waals surface area contributed by atoms with Crippen molar-refractivity contribution in [2.45, 2.75) is 25.9 Å². The Balaban J connectivity index is 0.000000642. The number of carboxylic acid groups (broad SMARTS) is 2. The second-order valence-electron chi connectivity index (χ2n) is 7.80. The monoisotopic (exact) mass is 606 g/mol. The van der Waals surface area contributed by atoms with Crippen LogP contribution in [0, 0.1) is 6.07 Å². The number of aliphatic carboxylic acids is 2. The number of benzene rings is 3. The van der Waals surface area contributed by atoms with Crippen LogP contribution in [-0.4, -0.2) is 42.4 Å². The zero-order valence-electron chi connectivity index (χ0n) is 20.8. The standard InChI is InChI=1S/C24H19N2O2.2C2H4O2.H2O.Rh/c1-3-8-17(9-4-1)21-15-27-23(25-21)19-12-7-13-20(14-19)24-26-22(16-28-24)18-10-5-2-6-11-18;2*1-2(3)4;;/h1-13,21-22H,15-16H2;2*1H3,(H,3,4);1H2;/q-1;;;;+3/p-2/t21-,22-;;;;/m1..../s1. The van der Waals surface area contributed by atoms with Crippen molar-refractivity contribution >= 4 is 23.7 Å². The fraction of sp³-hybridized carbons (Fsp3) is 0.214. The van der Waals surface area contributed by atoms with E-state index < -0.39 is 11.9 Å². The van der Waals surface area contributed by atoms with Crippen LogP contribution in [0.15, 0.2) is 88.8 Å². The molecule has 0 amide bonds. The maximum atomic E-state index is 8.89. The van der Waals surface area contributed by atoms with Crippen LogP contribution in [-0.2, 0) is 38.5 Å². The van der Waals surface area contributed by atoms with Crippen molar-refractivity contribution in [1.29, 1.82) is 0 Å². The molecule has 200 valence electrons. The molecule has 0 fully saturated rings. The van der Waals surface area contributed by atoms with Crippen LogP contribution in [0.3, 0.4) is 0 Å². The van der Waals surface area contributed by atoms with Crippen LogP contribution in [0.1, 0.15) is 48.2 Å². The molecule has 0 unspecified atom stereocenters. The Morgan fingerprint density at radius 3 is 1.39 bits per heavy atom. The molecule has 9 nitrogen and oxygen atoms in total. The molecular formula is C28H27N2O7Rh. The van der Waals surface area contributed by atoms with Crippen LogP contribution in [0.5, 0.6) is 0 Å². The zero-order chi connectivity index (χ0) is 25.9. The zero-order valence-corrected chi connectivity index (χ0v) is 22.4. The summed E-state index contributed by atoms with van der Waals surface area (Å²) >= 11 is 0. The maximum Gasteiger partial charge on any atom is 3.00 e. The van der Waals surface area contributed by atoms with Crippen LogP contribution in [0.4, 0.5) is 0 Å². The van der Waals surface area contributed by atoms with Crippen molar-refractivity contribution in [3.63, 3.8) is 0 Å². The van der Waals surface area contributed by atoms with Gasteiger partial charge in [-0.2, -0.15) is 0 Å². The van der Waals surface area contributed by atoms with Gasteiger partial charge in [0.05, 0.1) is 0 Å². The molecule has 2 aliphatic heterocycles. The molecular weight excluding hydrogens is 579 g/mol. The number of hydrogen-bond donors (Lipinski definition) is 0. The van der Waals surface area contributed by atoms with Crippen molar-refractivity contribution < 1.29 is 54.2 Å². The summed E-state index contributed by atoms with van der Waals surface area (Å²) in [6.07, 6.45) is 0. The molecule has 0 aliphatic carbocycles. The van der Waals surface area contributed by atoms with E-state index in [4.69, 9.17) is 39.3 Å². The largest absolute Gasteiger partial charge is 3.00 e. The molecule has 0 radical (unpaired) electrons. The molecule has 38 heavy (non-hydrogen) atoms. The molecule has 2 N–H and O–H groups in total. The first-order valence-electron chi connectivity index (χ1n) is 11.2. The summed E-state index contributed by atoms with van der Waals surface area (Å²) in [7, 11) is 0. The van der Waals surface area contributed by atoms with Crippen molar-refractivity contribution in [2.24, 2.45) is 9.98 Å². The molecule has 3 aromatic rings. The fourth-order valence-corrected chi connectivity index (χ4v) is 3.45. The third-order valence-electron chi connectivity index (χ3n) is 4.93. The predicted octanol–water partition coefficient (Wildman–Crippen LogP) is 1.21. The topological polar surface area (TPSA) is 155 Å². The smallest absolute Gasteiger partial charge is 0.550 e. The van der Waals surface area contributed by atoms with Crippen molar-refractivity contribution in [3.05, 3.63) is 107 Å². The summed E-state index contributed by atoms with van der Waals surface area (Å²) in [4.78, 5) is 27.3. The normalized spacial score (nSPS) is 16.7. The van der Waals surface area contributed by atoms with Gasteiger partial charge in [0.2, 0.25) is 0 Å². The summed E-state index contributed by atoms with van der Waals surface area (Å²) in [5, 5.41) is 17.8. The van der Waals surface area contributed by atoms with Gasteiger partial charge in [-0.25, -0.2) is 0 Å². The first-order chi connectivity index (χ1) is 17.3. The van der Waals surface area contributed by atoms with Gasteiger partial charge in [0, 0.05) is 11.9 Å². The van der Waals surface area contributed by atoms with Gasteiger partial charge in [-0.05, 0) is 25.0 Å². The van der Waals surface area contributed by atoms with Gasteiger partial charge in [0.25, 0.3) is 0 Å². The Morgan fingerprint density at radius 2 is 1.05 bits per heavy atom. The van der Waals surface area contributed by atoms with E-state index in [-0.39, 0.29) is 37.0 Å². The van der Waals surface area contributed by atoms with Crippen LogP contribution in [0.2, 0.25) is 0 Å². The molecule has 0 bridgehead atoms. The molecule has 0 saturated carbocycles. The minimum atomic E-state index is -1.08. The summed E-state index contributed by atoms with van der Waals surface area (Å²) in [6.45, 7) is 3.04. The molecule has 5 rings (SSSR count). The molecule has 2 aliphatic rings. The van der Waals surface area contributed by atoms with Crippen molar-refractivity contribution in [2.75, 3.05) is 13.2 Å². The van der Waals surface area contributed by atoms with Gasteiger partial charge < -0.3 is 34.8 Å². The number of carbonyl (C=O) groups is 2. The number of rotatable bonds is 4. The number of aliphatic imine (C=N–C) groups is 2. The Kier molecular flexibility index (Phi) is 13.6. The Bertz CT molecular complexity index is 1130.